The molecule has 0 unspecified atom stereocenters. The minimum absolute atomic E-state index is 0.0859. The van der Waals surface area contributed by atoms with E-state index in [2.05, 4.69) is 4.98 Å². The maximum absolute atomic E-state index is 10.9. The second-order valence-electron chi connectivity index (χ2n) is 3.69. The third-order valence-corrected chi connectivity index (χ3v) is 3.47. The number of aliphatic hydroxyl groups excluding tert-OH is 3. The molecule has 0 radical (unpaired) electrons. The first-order chi connectivity index (χ1) is 8.04. The van der Waals surface area contributed by atoms with E-state index in [4.69, 9.17) is 15.6 Å². The van der Waals surface area contributed by atoms with E-state index in [1.54, 1.807) is 0 Å². The van der Waals surface area contributed by atoms with Crippen molar-refractivity contribution < 1.29 is 24.9 Å². The van der Waals surface area contributed by atoms with E-state index >= 15 is 0 Å². The van der Waals surface area contributed by atoms with Gasteiger partial charge in [0.1, 0.15) is 35.1 Å². The first kappa shape index (κ1) is 12.4. The molecule has 0 spiro atoms. The van der Waals surface area contributed by atoms with Gasteiger partial charge in [0.2, 0.25) is 0 Å². The summed E-state index contributed by atoms with van der Waals surface area (Å²) in [5, 5.41) is 30.0. The zero-order valence-electron chi connectivity index (χ0n) is 8.68. The molecule has 0 saturated carbocycles. The summed E-state index contributed by atoms with van der Waals surface area (Å²) in [5.74, 6) is -0.667. The maximum atomic E-state index is 10.9. The number of carbonyl (C=O) groups is 1. The molecule has 7 nitrogen and oxygen atoms in total. The van der Waals surface area contributed by atoms with E-state index < -0.39 is 36.9 Å². The molecule has 1 aromatic rings. The number of thiazole rings is 1. The van der Waals surface area contributed by atoms with Gasteiger partial charge in [-0.1, -0.05) is 0 Å². The van der Waals surface area contributed by atoms with Crippen LogP contribution in [-0.4, -0.2) is 51.1 Å². The Bertz CT molecular complexity index is 423. The van der Waals surface area contributed by atoms with Crippen molar-refractivity contribution in [2.75, 3.05) is 6.61 Å². The summed E-state index contributed by atoms with van der Waals surface area (Å²) >= 11 is 1.10. The molecule has 0 aliphatic carbocycles. The topological polar surface area (TPSA) is 126 Å². The highest BCUT2D eigenvalue weighted by atomic mass is 32.1. The molecule has 94 valence electrons. The Balaban J connectivity index is 2.19. The lowest BCUT2D eigenvalue weighted by molar-refractivity contribution is -0.0228. The molecule has 1 saturated heterocycles. The molecule has 4 atom stereocenters. The van der Waals surface area contributed by atoms with Crippen LogP contribution in [0.5, 0.6) is 0 Å². The van der Waals surface area contributed by atoms with E-state index in [9.17, 15) is 15.0 Å². The summed E-state index contributed by atoms with van der Waals surface area (Å²) in [4.78, 5) is 14.8. The fourth-order valence-corrected chi connectivity index (χ4v) is 2.52. The molecular weight excluding hydrogens is 248 g/mol. The average molecular weight is 260 g/mol. The zero-order valence-corrected chi connectivity index (χ0v) is 9.50. The summed E-state index contributed by atoms with van der Waals surface area (Å²) in [5.41, 5.74) is 5.14. The van der Waals surface area contributed by atoms with E-state index in [-0.39, 0.29) is 5.69 Å². The van der Waals surface area contributed by atoms with Crippen LogP contribution in [0.1, 0.15) is 21.6 Å². The second kappa shape index (κ2) is 4.67. The SMILES string of the molecule is NC(=O)c1csc([C@@H]2O[C@H](CO)[C@@H](O)[C@@H]2O)n1. The van der Waals surface area contributed by atoms with E-state index in [0.29, 0.717) is 5.01 Å². The predicted octanol–water partition coefficient (Wildman–Crippen LogP) is -1.60. The summed E-state index contributed by atoms with van der Waals surface area (Å²) in [7, 11) is 0. The number of ether oxygens (including phenoxy) is 1. The lowest BCUT2D eigenvalue weighted by Gasteiger charge is -2.11. The number of hydrogen-bond donors (Lipinski definition) is 4. The fraction of sp³-hybridized carbons (Fsp3) is 0.556. The number of aromatic nitrogens is 1. The van der Waals surface area contributed by atoms with Crippen molar-refractivity contribution in [2.45, 2.75) is 24.4 Å². The van der Waals surface area contributed by atoms with E-state index in [1.807, 2.05) is 0 Å². The number of aliphatic hydroxyl groups is 3. The number of carbonyl (C=O) groups excluding carboxylic acids is 1. The van der Waals surface area contributed by atoms with Gasteiger partial charge in [0.05, 0.1) is 6.61 Å². The highest BCUT2D eigenvalue weighted by Crippen LogP contribution is 2.34. The van der Waals surface area contributed by atoms with Gasteiger partial charge in [0.15, 0.2) is 0 Å². The van der Waals surface area contributed by atoms with Crippen LogP contribution in [0.2, 0.25) is 0 Å². The summed E-state index contributed by atoms with van der Waals surface area (Å²) in [6.45, 7) is -0.400. The molecule has 0 bridgehead atoms. The average Bonchev–Trinajstić information content (AvgIpc) is 2.87. The van der Waals surface area contributed by atoms with Crippen LogP contribution >= 0.6 is 11.3 Å². The van der Waals surface area contributed by atoms with Gasteiger partial charge in [0, 0.05) is 5.38 Å². The first-order valence-electron chi connectivity index (χ1n) is 4.92. The van der Waals surface area contributed by atoms with Crippen molar-refractivity contribution in [1.82, 2.24) is 4.98 Å². The number of nitrogens with two attached hydrogens (primary N) is 1. The third-order valence-electron chi connectivity index (χ3n) is 2.56. The van der Waals surface area contributed by atoms with Crippen molar-refractivity contribution in [3.8, 4) is 0 Å². The van der Waals surface area contributed by atoms with Gasteiger partial charge in [0.25, 0.3) is 5.91 Å². The lowest BCUT2D eigenvalue weighted by Crippen LogP contribution is -2.32. The molecule has 17 heavy (non-hydrogen) atoms. The summed E-state index contributed by atoms with van der Waals surface area (Å²) in [6, 6.07) is 0. The monoisotopic (exact) mass is 260 g/mol. The molecular formula is C9H12N2O5S. The predicted molar refractivity (Wildman–Crippen MR) is 57.3 cm³/mol. The second-order valence-corrected chi connectivity index (χ2v) is 4.58. The highest BCUT2D eigenvalue weighted by Gasteiger charge is 2.44. The van der Waals surface area contributed by atoms with Crippen LogP contribution in [0.3, 0.4) is 0 Å². The standard InChI is InChI=1S/C9H12N2O5S/c10-8(15)3-2-17-9(11-3)7-6(14)5(13)4(1-12)16-7/h2,4-7,12-14H,1H2,(H2,10,15)/t4-,5-,6+,7-/m1/s1. The van der Waals surface area contributed by atoms with Gasteiger partial charge in [-0.2, -0.15) is 0 Å². The van der Waals surface area contributed by atoms with Gasteiger partial charge in [-0.15, -0.1) is 11.3 Å². The number of nitrogens with zero attached hydrogens (tertiary/aromatic N) is 1. The van der Waals surface area contributed by atoms with Gasteiger partial charge in [-0.3, -0.25) is 4.79 Å². The van der Waals surface area contributed by atoms with Crippen molar-refractivity contribution >= 4 is 17.2 Å². The van der Waals surface area contributed by atoms with Gasteiger partial charge in [-0.25, -0.2) is 4.98 Å². The highest BCUT2D eigenvalue weighted by molar-refractivity contribution is 7.09. The lowest BCUT2D eigenvalue weighted by atomic mass is 10.1. The Morgan fingerprint density at radius 2 is 2.24 bits per heavy atom. The van der Waals surface area contributed by atoms with Crippen LogP contribution in [0.15, 0.2) is 5.38 Å². The van der Waals surface area contributed by atoms with Crippen LogP contribution < -0.4 is 5.73 Å². The molecule has 1 aromatic heterocycles. The number of hydrogen-bond acceptors (Lipinski definition) is 7. The number of rotatable bonds is 3. The van der Waals surface area contributed by atoms with E-state index in [0.717, 1.165) is 11.3 Å². The fourth-order valence-electron chi connectivity index (χ4n) is 1.64. The molecule has 0 aromatic carbocycles. The Labute approximate surface area is 100 Å². The molecule has 1 fully saturated rings. The molecule has 1 aliphatic rings. The molecule has 2 heterocycles. The third kappa shape index (κ3) is 2.17. The zero-order chi connectivity index (χ0) is 12.6. The largest absolute Gasteiger partial charge is 0.394 e. The van der Waals surface area contributed by atoms with Crippen molar-refractivity contribution in [1.29, 1.82) is 0 Å². The quantitative estimate of drug-likeness (QED) is 0.518. The summed E-state index contributed by atoms with van der Waals surface area (Å²) < 4.78 is 5.26. The molecule has 1 amide bonds. The van der Waals surface area contributed by atoms with Gasteiger partial charge >= 0.3 is 0 Å². The molecule has 8 heteroatoms. The smallest absolute Gasteiger partial charge is 0.268 e. The van der Waals surface area contributed by atoms with Gasteiger partial charge in [-0.05, 0) is 0 Å². The van der Waals surface area contributed by atoms with Gasteiger partial charge < -0.3 is 25.8 Å². The molecule has 2 rings (SSSR count). The van der Waals surface area contributed by atoms with Crippen molar-refractivity contribution in [3.63, 3.8) is 0 Å². The Morgan fingerprint density at radius 3 is 2.71 bits per heavy atom. The van der Waals surface area contributed by atoms with Crippen LogP contribution in [0.4, 0.5) is 0 Å². The Hall–Kier alpha value is -1.06. The first-order valence-corrected chi connectivity index (χ1v) is 5.80. The number of amides is 1. The minimum atomic E-state index is -1.18. The normalized spacial score (nSPS) is 32.9. The van der Waals surface area contributed by atoms with Crippen molar-refractivity contribution in [3.05, 3.63) is 16.1 Å². The molecule has 5 N–H and O–H groups in total. The van der Waals surface area contributed by atoms with Crippen LogP contribution in [-0.2, 0) is 4.74 Å². The van der Waals surface area contributed by atoms with E-state index in [1.165, 1.54) is 5.38 Å². The number of primary amides is 1. The Morgan fingerprint density at radius 1 is 1.53 bits per heavy atom. The minimum Gasteiger partial charge on any atom is -0.394 e. The van der Waals surface area contributed by atoms with Crippen molar-refractivity contribution in [2.24, 2.45) is 5.73 Å². The Kier molecular flexibility index (Phi) is 3.40. The van der Waals surface area contributed by atoms with Crippen LogP contribution in [0.25, 0.3) is 0 Å². The maximum Gasteiger partial charge on any atom is 0.268 e. The van der Waals surface area contributed by atoms with Crippen LogP contribution in [0, 0.1) is 0 Å². The summed E-state index contributed by atoms with van der Waals surface area (Å²) in [6.07, 6.45) is -4.05. The molecule has 1 aliphatic heterocycles.